The minimum Gasteiger partial charge on any atom is -0.481 e. The van der Waals surface area contributed by atoms with Crippen LogP contribution in [0.5, 0.6) is 0 Å². The molecule has 0 aromatic heterocycles. The van der Waals surface area contributed by atoms with Gasteiger partial charge < -0.3 is 5.11 Å². The molecule has 0 heterocycles. The molecule has 3 rings (SSSR count). The molecule has 20 heavy (non-hydrogen) atoms. The molecule has 0 bridgehead atoms. The Balaban J connectivity index is 2.07. The molecule has 102 valence electrons. The van der Waals surface area contributed by atoms with Crippen molar-refractivity contribution in [3.05, 3.63) is 57.1 Å². The summed E-state index contributed by atoms with van der Waals surface area (Å²) in [6.07, 6.45) is 1.31. The molecule has 0 unspecified atom stereocenters. The zero-order chi connectivity index (χ0) is 14.3. The maximum atomic E-state index is 10.8. The van der Waals surface area contributed by atoms with Crippen LogP contribution in [-0.2, 0) is 17.6 Å². The van der Waals surface area contributed by atoms with Crippen LogP contribution in [0.1, 0.15) is 23.1 Å². The molecule has 0 atom stereocenters. The third kappa shape index (κ3) is 2.30. The van der Waals surface area contributed by atoms with Crippen molar-refractivity contribution >= 4 is 29.2 Å². The van der Waals surface area contributed by atoms with E-state index in [1.165, 1.54) is 5.56 Å². The van der Waals surface area contributed by atoms with E-state index in [9.17, 15) is 4.79 Å². The summed E-state index contributed by atoms with van der Waals surface area (Å²) in [5.41, 5.74) is 5.56. The highest BCUT2D eigenvalue weighted by Gasteiger charge is 2.23. The second kappa shape index (κ2) is 5.12. The SMILES string of the molecule is O=C(O)CCc1c(Cl)ccc2c1Cc1cc(Cl)ccc1-2. The number of hydrogen-bond donors (Lipinski definition) is 1. The predicted molar refractivity (Wildman–Crippen MR) is 80.7 cm³/mol. The number of benzene rings is 2. The number of aliphatic carboxylic acids is 1. The Morgan fingerprint density at radius 1 is 1.15 bits per heavy atom. The first-order chi connectivity index (χ1) is 9.56. The molecule has 0 aliphatic heterocycles. The average molecular weight is 307 g/mol. The van der Waals surface area contributed by atoms with Gasteiger partial charge in [-0.25, -0.2) is 0 Å². The van der Waals surface area contributed by atoms with E-state index >= 15 is 0 Å². The van der Waals surface area contributed by atoms with Gasteiger partial charge in [0.1, 0.15) is 0 Å². The third-order valence-electron chi connectivity index (χ3n) is 3.69. The summed E-state index contributed by atoms with van der Waals surface area (Å²) < 4.78 is 0. The van der Waals surface area contributed by atoms with Crippen LogP contribution < -0.4 is 0 Å². The van der Waals surface area contributed by atoms with Gasteiger partial charge in [-0.05, 0) is 58.9 Å². The van der Waals surface area contributed by atoms with Gasteiger partial charge in [-0.3, -0.25) is 4.79 Å². The first-order valence-corrected chi connectivity index (χ1v) is 7.12. The molecule has 0 amide bonds. The molecular formula is C16H12Cl2O2. The zero-order valence-corrected chi connectivity index (χ0v) is 12.1. The third-order valence-corrected chi connectivity index (χ3v) is 4.28. The van der Waals surface area contributed by atoms with Crippen molar-refractivity contribution in [2.75, 3.05) is 0 Å². The molecule has 2 aromatic carbocycles. The van der Waals surface area contributed by atoms with Gasteiger partial charge in [-0.2, -0.15) is 0 Å². The van der Waals surface area contributed by atoms with E-state index < -0.39 is 5.97 Å². The van der Waals surface area contributed by atoms with E-state index in [0.717, 1.165) is 33.7 Å². The molecule has 0 fully saturated rings. The highest BCUT2D eigenvalue weighted by Crippen LogP contribution is 2.41. The van der Waals surface area contributed by atoms with Crippen molar-refractivity contribution in [1.82, 2.24) is 0 Å². The Labute approximate surface area is 127 Å². The summed E-state index contributed by atoms with van der Waals surface area (Å²) >= 11 is 12.3. The Bertz CT molecular complexity index is 708. The lowest BCUT2D eigenvalue weighted by molar-refractivity contribution is -0.136. The van der Waals surface area contributed by atoms with Gasteiger partial charge in [-0.1, -0.05) is 35.3 Å². The summed E-state index contributed by atoms with van der Waals surface area (Å²) in [5.74, 6) is -0.808. The second-order valence-corrected chi connectivity index (χ2v) is 5.77. The van der Waals surface area contributed by atoms with Crippen molar-refractivity contribution in [3.63, 3.8) is 0 Å². The van der Waals surface area contributed by atoms with Gasteiger partial charge in [0, 0.05) is 16.5 Å². The van der Waals surface area contributed by atoms with E-state index in [2.05, 4.69) is 0 Å². The first kappa shape index (κ1) is 13.5. The van der Waals surface area contributed by atoms with Crippen LogP contribution in [0.4, 0.5) is 0 Å². The standard InChI is InChI=1S/C16H12Cl2O2/c17-10-1-2-11-9(7-10)8-14-12(11)3-5-15(18)13(14)4-6-16(19)20/h1-3,5,7H,4,6,8H2,(H,19,20). The molecule has 2 nitrogen and oxygen atoms in total. The normalized spacial score (nSPS) is 12.1. The Hall–Kier alpha value is -1.51. The molecule has 0 saturated heterocycles. The molecule has 2 aromatic rings. The monoisotopic (exact) mass is 306 g/mol. The number of rotatable bonds is 3. The molecule has 0 radical (unpaired) electrons. The molecule has 4 heteroatoms. The molecule has 0 spiro atoms. The maximum absolute atomic E-state index is 10.8. The van der Waals surface area contributed by atoms with E-state index in [-0.39, 0.29) is 6.42 Å². The van der Waals surface area contributed by atoms with Gasteiger partial charge in [0.25, 0.3) is 0 Å². The number of carbonyl (C=O) groups is 1. The van der Waals surface area contributed by atoms with Gasteiger partial charge in [0.05, 0.1) is 0 Å². The van der Waals surface area contributed by atoms with Crippen LogP contribution in [0, 0.1) is 0 Å². The Morgan fingerprint density at radius 3 is 2.65 bits per heavy atom. The van der Waals surface area contributed by atoms with E-state index in [1.807, 2.05) is 30.3 Å². The average Bonchev–Trinajstić information content (AvgIpc) is 2.74. The summed E-state index contributed by atoms with van der Waals surface area (Å²) in [5, 5.41) is 10.2. The van der Waals surface area contributed by atoms with Gasteiger partial charge in [-0.15, -0.1) is 0 Å². The topological polar surface area (TPSA) is 37.3 Å². The highest BCUT2D eigenvalue weighted by atomic mass is 35.5. The number of hydrogen-bond acceptors (Lipinski definition) is 1. The minimum absolute atomic E-state index is 0.0906. The minimum atomic E-state index is -0.808. The summed E-state index contributed by atoms with van der Waals surface area (Å²) in [4.78, 5) is 10.8. The molecule has 1 aliphatic rings. The zero-order valence-electron chi connectivity index (χ0n) is 10.6. The lowest BCUT2D eigenvalue weighted by atomic mass is 9.98. The highest BCUT2D eigenvalue weighted by molar-refractivity contribution is 6.32. The number of carboxylic acid groups (broad SMARTS) is 1. The summed E-state index contributed by atoms with van der Waals surface area (Å²) in [6, 6.07) is 9.70. The number of halogens is 2. The smallest absolute Gasteiger partial charge is 0.303 e. The number of fused-ring (bicyclic) bond motifs is 3. The molecular weight excluding hydrogens is 295 g/mol. The number of carboxylic acids is 1. The fourth-order valence-electron chi connectivity index (χ4n) is 2.78. The summed E-state index contributed by atoms with van der Waals surface area (Å²) in [7, 11) is 0. The van der Waals surface area contributed by atoms with Crippen molar-refractivity contribution in [1.29, 1.82) is 0 Å². The van der Waals surface area contributed by atoms with Crippen LogP contribution in [0.2, 0.25) is 10.0 Å². The van der Waals surface area contributed by atoms with Crippen molar-refractivity contribution in [3.8, 4) is 11.1 Å². The molecule has 1 aliphatic carbocycles. The van der Waals surface area contributed by atoms with Crippen LogP contribution in [0.15, 0.2) is 30.3 Å². The Morgan fingerprint density at radius 2 is 1.90 bits per heavy atom. The fraction of sp³-hybridized carbons (Fsp3) is 0.188. The second-order valence-electron chi connectivity index (χ2n) is 4.92. The van der Waals surface area contributed by atoms with Crippen molar-refractivity contribution in [2.24, 2.45) is 0 Å². The van der Waals surface area contributed by atoms with Gasteiger partial charge in [0.15, 0.2) is 0 Å². The van der Waals surface area contributed by atoms with Crippen LogP contribution in [0.25, 0.3) is 11.1 Å². The molecule has 1 N–H and O–H groups in total. The lowest BCUT2D eigenvalue weighted by Gasteiger charge is -2.10. The van der Waals surface area contributed by atoms with Crippen LogP contribution in [-0.4, -0.2) is 11.1 Å². The maximum Gasteiger partial charge on any atom is 0.303 e. The van der Waals surface area contributed by atoms with E-state index in [0.29, 0.717) is 11.4 Å². The van der Waals surface area contributed by atoms with Crippen molar-refractivity contribution in [2.45, 2.75) is 19.3 Å². The van der Waals surface area contributed by atoms with E-state index in [4.69, 9.17) is 28.3 Å². The summed E-state index contributed by atoms with van der Waals surface area (Å²) in [6.45, 7) is 0. The molecule has 0 saturated carbocycles. The predicted octanol–water partition coefficient (Wildman–Crippen LogP) is 4.58. The van der Waals surface area contributed by atoms with Crippen LogP contribution >= 0.6 is 23.2 Å². The van der Waals surface area contributed by atoms with Crippen molar-refractivity contribution < 1.29 is 9.90 Å². The van der Waals surface area contributed by atoms with Crippen LogP contribution in [0.3, 0.4) is 0 Å². The quantitative estimate of drug-likeness (QED) is 0.769. The largest absolute Gasteiger partial charge is 0.481 e. The van der Waals surface area contributed by atoms with Gasteiger partial charge >= 0.3 is 5.97 Å². The van der Waals surface area contributed by atoms with E-state index in [1.54, 1.807) is 0 Å². The Kier molecular flexibility index (Phi) is 3.45. The fourth-order valence-corrected chi connectivity index (χ4v) is 3.25. The first-order valence-electron chi connectivity index (χ1n) is 6.37. The van der Waals surface area contributed by atoms with Gasteiger partial charge in [0.2, 0.25) is 0 Å². The lowest BCUT2D eigenvalue weighted by Crippen LogP contribution is -2.01.